The van der Waals surface area contributed by atoms with Gasteiger partial charge in [-0.25, -0.2) is 0 Å². The van der Waals surface area contributed by atoms with Crippen molar-refractivity contribution in [1.29, 1.82) is 0 Å². The Bertz CT molecular complexity index is 249. The molecule has 106 valence electrons. The fourth-order valence-corrected chi connectivity index (χ4v) is 3.96. The van der Waals surface area contributed by atoms with Crippen LogP contribution in [0.25, 0.3) is 0 Å². The van der Waals surface area contributed by atoms with Gasteiger partial charge in [0.05, 0.1) is 18.8 Å². The second kappa shape index (κ2) is 6.36. The molecule has 0 aromatic heterocycles. The molecule has 3 unspecified atom stereocenters. The zero-order valence-electron chi connectivity index (χ0n) is 12.2. The smallest absolute Gasteiger partial charge is 0.0784 e. The third kappa shape index (κ3) is 2.73. The zero-order valence-corrected chi connectivity index (χ0v) is 12.2. The van der Waals surface area contributed by atoms with Crippen molar-refractivity contribution in [3.8, 4) is 0 Å². The van der Waals surface area contributed by atoms with Crippen LogP contribution in [0.15, 0.2) is 0 Å². The first kappa shape index (κ1) is 14.3. The van der Waals surface area contributed by atoms with Crippen LogP contribution >= 0.6 is 0 Å². The number of rotatable bonds is 5. The maximum Gasteiger partial charge on any atom is 0.0784 e. The number of nitrogens with one attached hydrogen (secondary N) is 1. The summed E-state index contributed by atoms with van der Waals surface area (Å²) in [6, 6.07) is 0.662. The van der Waals surface area contributed by atoms with Crippen LogP contribution in [-0.2, 0) is 9.47 Å². The van der Waals surface area contributed by atoms with Gasteiger partial charge in [-0.05, 0) is 33.2 Å². The van der Waals surface area contributed by atoms with Crippen molar-refractivity contribution in [3.05, 3.63) is 0 Å². The summed E-state index contributed by atoms with van der Waals surface area (Å²) in [7, 11) is 3.85. The minimum atomic E-state index is 0.220. The van der Waals surface area contributed by atoms with Crippen molar-refractivity contribution in [2.24, 2.45) is 5.41 Å². The lowest BCUT2D eigenvalue weighted by molar-refractivity contribution is -0.173. The van der Waals surface area contributed by atoms with E-state index >= 15 is 0 Å². The fourth-order valence-electron chi connectivity index (χ4n) is 3.96. The van der Waals surface area contributed by atoms with E-state index in [0.717, 1.165) is 0 Å². The van der Waals surface area contributed by atoms with Crippen LogP contribution in [0, 0.1) is 5.41 Å². The lowest BCUT2D eigenvalue weighted by Gasteiger charge is -2.56. The first-order chi connectivity index (χ1) is 8.73. The van der Waals surface area contributed by atoms with Gasteiger partial charge in [0.2, 0.25) is 0 Å². The molecule has 2 rings (SSSR count). The Morgan fingerprint density at radius 1 is 1.22 bits per heavy atom. The van der Waals surface area contributed by atoms with Crippen LogP contribution in [0.4, 0.5) is 0 Å². The SMILES string of the molecule is CNC1CC(OC(C)COC)C12CCCCCC2. The number of hydrogen-bond donors (Lipinski definition) is 1. The van der Waals surface area contributed by atoms with Gasteiger partial charge < -0.3 is 14.8 Å². The van der Waals surface area contributed by atoms with Crippen LogP contribution in [0.3, 0.4) is 0 Å². The molecule has 0 saturated heterocycles. The van der Waals surface area contributed by atoms with E-state index in [1.54, 1.807) is 7.11 Å². The summed E-state index contributed by atoms with van der Waals surface area (Å²) in [6.07, 6.45) is 10.1. The molecule has 0 radical (unpaired) electrons. The molecule has 3 nitrogen and oxygen atoms in total. The predicted molar refractivity (Wildman–Crippen MR) is 73.8 cm³/mol. The highest BCUT2D eigenvalue weighted by Crippen LogP contribution is 2.52. The Morgan fingerprint density at radius 2 is 1.89 bits per heavy atom. The average molecular weight is 255 g/mol. The van der Waals surface area contributed by atoms with Gasteiger partial charge in [-0.2, -0.15) is 0 Å². The predicted octanol–water partition coefficient (Wildman–Crippen LogP) is 2.74. The highest BCUT2D eigenvalue weighted by molar-refractivity contribution is 5.08. The van der Waals surface area contributed by atoms with Gasteiger partial charge in [0, 0.05) is 18.6 Å². The molecule has 0 aromatic rings. The molecular formula is C15H29NO2. The Kier molecular flexibility index (Phi) is 5.05. The van der Waals surface area contributed by atoms with Crippen LogP contribution in [-0.4, -0.2) is 39.0 Å². The molecule has 3 heteroatoms. The van der Waals surface area contributed by atoms with Gasteiger partial charge in [-0.3, -0.25) is 0 Å². The normalized spacial score (nSPS) is 32.8. The van der Waals surface area contributed by atoms with E-state index in [1.807, 2.05) is 0 Å². The van der Waals surface area contributed by atoms with E-state index in [1.165, 1.54) is 44.9 Å². The Morgan fingerprint density at radius 3 is 2.44 bits per heavy atom. The Labute approximate surface area is 112 Å². The number of hydrogen-bond acceptors (Lipinski definition) is 3. The van der Waals surface area contributed by atoms with Gasteiger partial charge in [0.25, 0.3) is 0 Å². The van der Waals surface area contributed by atoms with Crippen molar-refractivity contribution in [3.63, 3.8) is 0 Å². The molecule has 2 aliphatic rings. The second-order valence-electron chi connectivity index (χ2n) is 6.12. The topological polar surface area (TPSA) is 30.5 Å². The molecule has 0 aromatic carbocycles. The van der Waals surface area contributed by atoms with E-state index in [9.17, 15) is 0 Å². The molecule has 0 bridgehead atoms. The minimum absolute atomic E-state index is 0.220. The summed E-state index contributed by atoms with van der Waals surface area (Å²) in [5.74, 6) is 0. The highest BCUT2D eigenvalue weighted by atomic mass is 16.5. The second-order valence-corrected chi connectivity index (χ2v) is 6.12. The van der Waals surface area contributed by atoms with E-state index in [4.69, 9.17) is 9.47 Å². The highest BCUT2D eigenvalue weighted by Gasteiger charge is 2.54. The molecular weight excluding hydrogens is 226 g/mol. The van der Waals surface area contributed by atoms with Crippen LogP contribution in [0.5, 0.6) is 0 Å². The number of ether oxygens (including phenoxy) is 2. The first-order valence-corrected chi connectivity index (χ1v) is 7.54. The summed E-state index contributed by atoms with van der Waals surface area (Å²) in [5, 5.41) is 3.51. The average Bonchev–Trinajstić information content (AvgIpc) is 2.62. The summed E-state index contributed by atoms with van der Waals surface area (Å²) in [6.45, 7) is 2.83. The zero-order chi connectivity index (χ0) is 13.0. The molecule has 0 amide bonds. The standard InChI is InChI=1S/C15H29NO2/c1-12(11-17-3)18-14-10-13(16-2)15(14)8-6-4-5-7-9-15/h12-14,16H,4-11H2,1-3H3. The van der Waals surface area contributed by atoms with Crippen molar-refractivity contribution in [2.75, 3.05) is 20.8 Å². The summed E-state index contributed by atoms with van der Waals surface area (Å²) < 4.78 is 11.4. The van der Waals surface area contributed by atoms with Crippen LogP contribution in [0.1, 0.15) is 51.9 Å². The molecule has 2 saturated carbocycles. The van der Waals surface area contributed by atoms with Gasteiger partial charge in [0.15, 0.2) is 0 Å². The van der Waals surface area contributed by atoms with Crippen molar-refractivity contribution in [2.45, 2.75) is 70.1 Å². The van der Waals surface area contributed by atoms with Gasteiger partial charge in [-0.15, -0.1) is 0 Å². The van der Waals surface area contributed by atoms with Crippen molar-refractivity contribution >= 4 is 0 Å². The molecule has 1 spiro atoms. The summed E-state index contributed by atoms with van der Waals surface area (Å²) >= 11 is 0. The molecule has 0 aliphatic heterocycles. The minimum Gasteiger partial charge on any atom is -0.382 e. The first-order valence-electron chi connectivity index (χ1n) is 7.54. The molecule has 3 atom stereocenters. The molecule has 2 fully saturated rings. The van der Waals surface area contributed by atoms with Crippen molar-refractivity contribution < 1.29 is 9.47 Å². The molecule has 2 aliphatic carbocycles. The van der Waals surface area contributed by atoms with E-state index in [-0.39, 0.29) is 6.10 Å². The van der Waals surface area contributed by atoms with Gasteiger partial charge in [-0.1, -0.05) is 25.7 Å². The van der Waals surface area contributed by atoms with E-state index in [0.29, 0.717) is 24.2 Å². The molecule has 18 heavy (non-hydrogen) atoms. The van der Waals surface area contributed by atoms with Crippen LogP contribution in [0.2, 0.25) is 0 Å². The molecule has 0 heterocycles. The third-order valence-electron chi connectivity index (χ3n) is 4.97. The van der Waals surface area contributed by atoms with Crippen molar-refractivity contribution in [1.82, 2.24) is 5.32 Å². The molecule has 1 N–H and O–H groups in total. The summed E-state index contributed by atoms with van der Waals surface area (Å²) in [5.41, 5.74) is 0.410. The lowest BCUT2D eigenvalue weighted by Crippen LogP contribution is -2.63. The third-order valence-corrected chi connectivity index (χ3v) is 4.97. The Balaban J connectivity index is 1.97. The maximum atomic E-state index is 6.24. The number of methoxy groups -OCH3 is 1. The van der Waals surface area contributed by atoms with Gasteiger partial charge >= 0.3 is 0 Å². The lowest BCUT2D eigenvalue weighted by atomic mass is 9.58. The van der Waals surface area contributed by atoms with Gasteiger partial charge in [0.1, 0.15) is 0 Å². The maximum absolute atomic E-state index is 6.24. The summed E-state index contributed by atoms with van der Waals surface area (Å²) in [4.78, 5) is 0. The van der Waals surface area contributed by atoms with Crippen LogP contribution < -0.4 is 5.32 Å². The fraction of sp³-hybridized carbons (Fsp3) is 1.00. The van der Waals surface area contributed by atoms with E-state index in [2.05, 4.69) is 19.3 Å². The quantitative estimate of drug-likeness (QED) is 0.819. The van der Waals surface area contributed by atoms with E-state index < -0.39 is 0 Å². The largest absolute Gasteiger partial charge is 0.382 e. The Hall–Kier alpha value is -0.120. The monoisotopic (exact) mass is 255 g/mol.